The maximum absolute atomic E-state index is 13.2. The van der Waals surface area contributed by atoms with Crippen LogP contribution in [0.25, 0.3) is 0 Å². The number of amides is 3. The first-order valence-corrected chi connectivity index (χ1v) is 11.0. The average molecular weight is 437 g/mol. The van der Waals surface area contributed by atoms with Crippen molar-refractivity contribution < 1.29 is 23.9 Å². The molecule has 0 aromatic heterocycles. The van der Waals surface area contributed by atoms with E-state index in [0.717, 1.165) is 24.0 Å². The number of fused-ring (bicyclic) bond motifs is 1. The van der Waals surface area contributed by atoms with E-state index in [1.54, 1.807) is 24.1 Å². The van der Waals surface area contributed by atoms with E-state index in [0.29, 0.717) is 36.6 Å². The molecule has 1 unspecified atom stereocenters. The summed E-state index contributed by atoms with van der Waals surface area (Å²) < 4.78 is 11.2. The van der Waals surface area contributed by atoms with Crippen LogP contribution in [-0.2, 0) is 16.1 Å². The number of methoxy groups -OCH3 is 1. The third kappa shape index (κ3) is 4.53. The van der Waals surface area contributed by atoms with E-state index in [-0.39, 0.29) is 36.8 Å². The second-order valence-electron chi connectivity index (χ2n) is 8.28. The first kappa shape index (κ1) is 22.0. The van der Waals surface area contributed by atoms with E-state index in [9.17, 15) is 14.4 Å². The molecule has 2 aliphatic rings. The first-order chi connectivity index (χ1) is 15.5. The largest absolute Gasteiger partial charge is 0.496 e. The second-order valence-corrected chi connectivity index (χ2v) is 8.28. The van der Waals surface area contributed by atoms with Crippen LogP contribution >= 0.6 is 0 Å². The van der Waals surface area contributed by atoms with E-state index >= 15 is 0 Å². The van der Waals surface area contributed by atoms with Gasteiger partial charge in [-0.05, 0) is 38.0 Å². The van der Waals surface area contributed by atoms with Crippen LogP contribution in [0.5, 0.6) is 5.75 Å². The summed E-state index contributed by atoms with van der Waals surface area (Å²) in [6.45, 7) is 3.49. The molecule has 2 heterocycles. The number of aryl methyl sites for hydroxylation is 1. The zero-order valence-electron chi connectivity index (χ0n) is 18.5. The van der Waals surface area contributed by atoms with Gasteiger partial charge in [-0.25, -0.2) is 0 Å². The highest BCUT2D eigenvalue weighted by molar-refractivity contribution is 6.21. The van der Waals surface area contributed by atoms with Crippen LogP contribution in [0.3, 0.4) is 0 Å². The lowest BCUT2D eigenvalue weighted by atomic mass is 10.1. The number of carbonyl (C=O) groups is 3. The molecular formula is C25H28N2O5. The fourth-order valence-electron chi connectivity index (χ4n) is 4.30. The van der Waals surface area contributed by atoms with Crippen molar-refractivity contribution >= 4 is 17.7 Å². The minimum atomic E-state index is -0.340. The van der Waals surface area contributed by atoms with Gasteiger partial charge >= 0.3 is 0 Å². The van der Waals surface area contributed by atoms with Crippen LogP contribution in [0.15, 0.2) is 42.5 Å². The number of benzene rings is 2. The SMILES string of the molecule is COc1ccccc1CN(CC1CCCO1)C(=O)CCN1C(=O)c2ccc(C)cc2C1=O. The fourth-order valence-corrected chi connectivity index (χ4v) is 4.30. The lowest BCUT2D eigenvalue weighted by Crippen LogP contribution is -2.40. The smallest absolute Gasteiger partial charge is 0.261 e. The van der Waals surface area contributed by atoms with Gasteiger partial charge in [-0.2, -0.15) is 0 Å². The topological polar surface area (TPSA) is 76.2 Å². The number of imide groups is 1. The van der Waals surface area contributed by atoms with E-state index in [2.05, 4.69) is 0 Å². The monoisotopic (exact) mass is 436 g/mol. The van der Waals surface area contributed by atoms with Gasteiger partial charge in [0.05, 0.1) is 24.3 Å². The van der Waals surface area contributed by atoms with Gasteiger partial charge in [0.1, 0.15) is 5.75 Å². The third-order valence-corrected chi connectivity index (χ3v) is 6.03. The van der Waals surface area contributed by atoms with E-state index in [4.69, 9.17) is 9.47 Å². The molecule has 1 fully saturated rings. The lowest BCUT2D eigenvalue weighted by molar-refractivity contribution is -0.133. The zero-order chi connectivity index (χ0) is 22.7. The Hall–Kier alpha value is -3.19. The predicted octanol–water partition coefficient (Wildman–Crippen LogP) is 3.20. The molecule has 0 spiro atoms. The first-order valence-electron chi connectivity index (χ1n) is 11.0. The molecule has 7 nitrogen and oxygen atoms in total. The molecule has 0 N–H and O–H groups in total. The maximum atomic E-state index is 13.2. The van der Waals surface area contributed by atoms with Crippen LogP contribution in [0, 0.1) is 6.92 Å². The molecule has 3 amide bonds. The molecule has 4 rings (SSSR count). The molecule has 2 aliphatic heterocycles. The van der Waals surface area contributed by atoms with Crippen LogP contribution in [0.4, 0.5) is 0 Å². The van der Waals surface area contributed by atoms with Crippen molar-refractivity contribution in [2.75, 3.05) is 26.8 Å². The highest BCUT2D eigenvalue weighted by atomic mass is 16.5. The summed E-state index contributed by atoms with van der Waals surface area (Å²) in [5, 5.41) is 0. The van der Waals surface area contributed by atoms with E-state index < -0.39 is 0 Å². The number of nitrogens with zero attached hydrogens (tertiary/aromatic N) is 2. The number of para-hydroxylation sites is 1. The Bertz CT molecular complexity index is 1030. The summed E-state index contributed by atoms with van der Waals surface area (Å²) in [5.74, 6) is -0.0855. The highest BCUT2D eigenvalue weighted by Gasteiger charge is 2.36. The standard InChI is InChI=1S/C25H28N2O5/c1-17-9-10-20-21(14-17)25(30)27(24(20)29)12-11-23(28)26(16-19-7-5-13-32-19)15-18-6-3-4-8-22(18)31-2/h3-4,6,8-10,14,19H,5,7,11-13,15-16H2,1-2H3. The lowest BCUT2D eigenvalue weighted by Gasteiger charge is -2.27. The molecule has 0 radical (unpaired) electrons. The summed E-state index contributed by atoms with van der Waals surface area (Å²) in [6, 6.07) is 12.8. The minimum absolute atomic E-state index is 0.00376. The Morgan fingerprint density at radius 1 is 1.16 bits per heavy atom. The number of rotatable bonds is 8. The molecule has 7 heteroatoms. The molecule has 0 aliphatic carbocycles. The van der Waals surface area contributed by atoms with Crippen molar-refractivity contribution in [2.45, 2.75) is 38.8 Å². The Balaban J connectivity index is 1.46. The van der Waals surface area contributed by atoms with Gasteiger partial charge in [0.15, 0.2) is 0 Å². The van der Waals surface area contributed by atoms with Gasteiger partial charge in [-0.15, -0.1) is 0 Å². The molecule has 1 atom stereocenters. The Labute approximate surface area is 187 Å². The van der Waals surface area contributed by atoms with Crippen molar-refractivity contribution in [1.29, 1.82) is 0 Å². The van der Waals surface area contributed by atoms with Crippen LogP contribution in [0.1, 0.15) is 51.1 Å². The van der Waals surface area contributed by atoms with Crippen molar-refractivity contribution in [2.24, 2.45) is 0 Å². The normalized spacial score (nSPS) is 17.6. The summed E-state index contributed by atoms with van der Waals surface area (Å²) in [7, 11) is 1.61. The van der Waals surface area contributed by atoms with Gasteiger partial charge in [-0.1, -0.05) is 29.8 Å². The number of ether oxygens (including phenoxy) is 2. The van der Waals surface area contributed by atoms with Crippen molar-refractivity contribution in [3.05, 3.63) is 64.7 Å². The van der Waals surface area contributed by atoms with Gasteiger partial charge in [0, 0.05) is 38.2 Å². The molecule has 0 saturated carbocycles. The third-order valence-electron chi connectivity index (χ3n) is 6.03. The van der Waals surface area contributed by atoms with Gasteiger partial charge in [0.25, 0.3) is 11.8 Å². The number of hydrogen-bond donors (Lipinski definition) is 0. The zero-order valence-corrected chi connectivity index (χ0v) is 18.5. The molecule has 32 heavy (non-hydrogen) atoms. The summed E-state index contributed by atoms with van der Waals surface area (Å²) >= 11 is 0. The fraction of sp³-hybridized carbons (Fsp3) is 0.400. The molecular weight excluding hydrogens is 408 g/mol. The Kier molecular flexibility index (Phi) is 6.55. The minimum Gasteiger partial charge on any atom is -0.496 e. The maximum Gasteiger partial charge on any atom is 0.261 e. The number of carbonyl (C=O) groups excluding carboxylic acids is 3. The van der Waals surface area contributed by atoms with Gasteiger partial charge in [0.2, 0.25) is 5.91 Å². The van der Waals surface area contributed by atoms with Crippen molar-refractivity contribution in [3.63, 3.8) is 0 Å². The number of hydrogen-bond acceptors (Lipinski definition) is 5. The summed E-state index contributed by atoms with van der Waals surface area (Å²) in [4.78, 5) is 41.6. The molecule has 1 saturated heterocycles. The molecule has 168 valence electrons. The highest BCUT2D eigenvalue weighted by Crippen LogP contribution is 2.25. The van der Waals surface area contributed by atoms with E-state index in [1.807, 2.05) is 37.3 Å². The van der Waals surface area contributed by atoms with Crippen LogP contribution in [0.2, 0.25) is 0 Å². The van der Waals surface area contributed by atoms with Crippen LogP contribution < -0.4 is 4.74 Å². The van der Waals surface area contributed by atoms with Gasteiger partial charge < -0.3 is 14.4 Å². The second kappa shape index (κ2) is 9.53. The Morgan fingerprint density at radius 3 is 2.69 bits per heavy atom. The summed E-state index contributed by atoms with van der Waals surface area (Å²) in [6.07, 6.45) is 1.95. The quantitative estimate of drug-likeness (QED) is 0.594. The van der Waals surface area contributed by atoms with Crippen molar-refractivity contribution in [3.8, 4) is 5.75 Å². The van der Waals surface area contributed by atoms with Gasteiger partial charge in [-0.3, -0.25) is 19.3 Å². The molecule has 0 bridgehead atoms. The Morgan fingerprint density at radius 2 is 1.94 bits per heavy atom. The van der Waals surface area contributed by atoms with Crippen molar-refractivity contribution in [1.82, 2.24) is 9.80 Å². The van der Waals surface area contributed by atoms with Crippen LogP contribution in [-0.4, -0.2) is 60.4 Å². The van der Waals surface area contributed by atoms with E-state index in [1.165, 1.54) is 4.90 Å². The molecule has 2 aromatic carbocycles. The average Bonchev–Trinajstić information content (AvgIpc) is 3.39. The predicted molar refractivity (Wildman–Crippen MR) is 119 cm³/mol. The summed E-state index contributed by atoms with van der Waals surface area (Å²) in [5.41, 5.74) is 2.63. The molecule has 2 aromatic rings.